The molecule has 2 rings (SSSR count). The fourth-order valence-electron chi connectivity index (χ4n) is 2.38. The van der Waals surface area contributed by atoms with Gasteiger partial charge in [0.05, 0.1) is 6.04 Å². The van der Waals surface area contributed by atoms with Gasteiger partial charge in [-0.05, 0) is 31.0 Å². The van der Waals surface area contributed by atoms with Crippen molar-refractivity contribution in [1.29, 1.82) is 0 Å². The van der Waals surface area contributed by atoms with Gasteiger partial charge in [-0.2, -0.15) is 0 Å². The first-order chi connectivity index (χ1) is 10.7. The summed E-state index contributed by atoms with van der Waals surface area (Å²) in [5, 5.41) is 2.92. The Morgan fingerprint density at radius 2 is 1.77 bits per heavy atom. The number of rotatable bonds is 7. The minimum atomic E-state index is -0.381. The number of nitrogens with one attached hydrogen (secondary N) is 1. The van der Waals surface area contributed by atoms with E-state index < -0.39 is 0 Å². The van der Waals surface area contributed by atoms with E-state index in [9.17, 15) is 9.18 Å². The lowest BCUT2D eigenvalue weighted by Gasteiger charge is -2.20. The van der Waals surface area contributed by atoms with Crippen LogP contribution in [0.5, 0.6) is 0 Å². The molecule has 116 valence electrons. The lowest BCUT2D eigenvalue weighted by molar-refractivity contribution is -0.121. The summed E-state index contributed by atoms with van der Waals surface area (Å²) in [5.41, 5.74) is 6.98. The largest absolute Gasteiger partial charge is 0.349 e. The van der Waals surface area contributed by atoms with Gasteiger partial charge in [0, 0.05) is 12.0 Å². The molecule has 0 bridgehead atoms. The Morgan fingerprint density at radius 3 is 2.45 bits per heavy atom. The van der Waals surface area contributed by atoms with Gasteiger partial charge in [0.15, 0.2) is 0 Å². The zero-order valence-corrected chi connectivity index (χ0v) is 12.5. The topological polar surface area (TPSA) is 55.1 Å². The van der Waals surface area contributed by atoms with Crippen molar-refractivity contribution >= 4 is 5.91 Å². The van der Waals surface area contributed by atoms with Crippen LogP contribution in [0.4, 0.5) is 4.39 Å². The number of hydrogen-bond acceptors (Lipinski definition) is 2. The van der Waals surface area contributed by atoms with E-state index in [0.717, 1.165) is 5.56 Å². The third-order valence-corrected chi connectivity index (χ3v) is 3.51. The molecular formula is C18H21FN2O. The van der Waals surface area contributed by atoms with Gasteiger partial charge in [-0.1, -0.05) is 48.5 Å². The fourth-order valence-corrected chi connectivity index (χ4v) is 2.38. The predicted molar refractivity (Wildman–Crippen MR) is 85.7 cm³/mol. The number of carbonyl (C=O) groups is 1. The molecule has 0 radical (unpaired) electrons. The van der Waals surface area contributed by atoms with E-state index >= 15 is 0 Å². The highest BCUT2D eigenvalue weighted by molar-refractivity contribution is 5.76. The van der Waals surface area contributed by atoms with Gasteiger partial charge in [-0.25, -0.2) is 4.39 Å². The molecule has 2 aromatic carbocycles. The third-order valence-electron chi connectivity index (χ3n) is 3.51. The molecule has 22 heavy (non-hydrogen) atoms. The maximum Gasteiger partial charge on any atom is 0.220 e. The molecule has 1 atom stereocenters. The Balaban J connectivity index is 2.17. The van der Waals surface area contributed by atoms with Crippen molar-refractivity contribution in [3.05, 3.63) is 71.5 Å². The Morgan fingerprint density at radius 1 is 1.09 bits per heavy atom. The van der Waals surface area contributed by atoms with Gasteiger partial charge in [-0.3, -0.25) is 4.79 Å². The maximum absolute atomic E-state index is 14.1. The number of hydrogen-bond donors (Lipinski definition) is 2. The second kappa shape index (κ2) is 8.29. The zero-order chi connectivity index (χ0) is 15.8. The smallest absolute Gasteiger partial charge is 0.220 e. The fraction of sp³-hybridized carbons (Fsp3) is 0.278. The normalized spacial score (nSPS) is 11.9. The summed E-state index contributed by atoms with van der Waals surface area (Å²) < 4.78 is 14.1. The van der Waals surface area contributed by atoms with E-state index in [1.807, 2.05) is 30.3 Å². The standard InChI is InChI=1S/C18H21FN2O/c19-16-10-5-4-9-15(16)17(21-18(22)11-6-12-20)13-14-7-2-1-3-8-14/h1-5,7-10,17H,6,11-13,20H2,(H,21,22). The molecule has 0 fully saturated rings. The van der Waals surface area contributed by atoms with Gasteiger partial charge in [0.2, 0.25) is 5.91 Å². The minimum absolute atomic E-state index is 0.102. The SMILES string of the molecule is NCCCC(=O)NC(Cc1ccccc1)c1ccccc1F. The molecule has 1 amide bonds. The Hall–Kier alpha value is -2.20. The molecule has 4 heteroatoms. The van der Waals surface area contributed by atoms with Crippen LogP contribution in [0, 0.1) is 5.82 Å². The molecule has 0 saturated carbocycles. The summed E-state index contributed by atoms with van der Waals surface area (Å²) in [6, 6.07) is 15.9. The van der Waals surface area contributed by atoms with Crippen molar-refractivity contribution in [3.63, 3.8) is 0 Å². The van der Waals surface area contributed by atoms with Gasteiger partial charge >= 0.3 is 0 Å². The third kappa shape index (κ3) is 4.67. The first-order valence-electron chi connectivity index (χ1n) is 7.48. The summed E-state index contributed by atoms with van der Waals surface area (Å²) >= 11 is 0. The van der Waals surface area contributed by atoms with E-state index in [2.05, 4.69) is 5.32 Å². The second-order valence-electron chi connectivity index (χ2n) is 5.22. The zero-order valence-electron chi connectivity index (χ0n) is 12.5. The van der Waals surface area contributed by atoms with E-state index in [1.165, 1.54) is 6.07 Å². The van der Waals surface area contributed by atoms with Crippen LogP contribution < -0.4 is 11.1 Å². The summed E-state index contributed by atoms with van der Waals surface area (Å²) in [7, 11) is 0. The van der Waals surface area contributed by atoms with Gasteiger partial charge in [0.1, 0.15) is 5.82 Å². The van der Waals surface area contributed by atoms with Crippen LogP contribution in [0.1, 0.15) is 30.0 Å². The minimum Gasteiger partial charge on any atom is -0.349 e. The quantitative estimate of drug-likeness (QED) is 0.826. The average molecular weight is 300 g/mol. The molecule has 0 spiro atoms. The Labute approximate surface area is 130 Å². The number of amides is 1. The summed E-state index contributed by atoms with van der Waals surface area (Å²) in [6.45, 7) is 0.469. The van der Waals surface area contributed by atoms with Crippen molar-refractivity contribution in [2.45, 2.75) is 25.3 Å². The highest BCUT2D eigenvalue weighted by Crippen LogP contribution is 2.21. The summed E-state index contributed by atoms with van der Waals surface area (Å²) in [4.78, 5) is 12.0. The predicted octanol–water partition coefficient (Wildman–Crippen LogP) is 2.96. The molecule has 0 aliphatic rings. The van der Waals surface area contributed by atoms with Crippen LogP contribution >= 0.6 is 0 Å². The first-order valence-corrected chi connectivity index (χ1v) is 7.48. The van der Waals surface area contributed by atoms with Crippen molar-refractivity contribution in [3.8, 4) is 0 Å². The Kier molecular flexibility index (Phi) is 6.10. The summed E-state index contributed by atoms with van der Waals surface area (Å²) in [5.74, 6) is -0.405. The molecular weight excluding hydrogens is 279 g/mol. The van der Waals surface area contributed by atoms with Crippen molar-refractivity contribution in [2.24, 2.45) is 5.73 Å². The van der Waals surface area contributed by atoms with Crippen molar-refractivity contribution < 1.29 is 9.18 Å². The van der Waals surface area contributed by atoms with Crippen LogP contribution in [0.25, 0.3) is 0 Å². The molecule has 1 unspecified atom stereocenters. The molecule has 3 N–H and O–H groups in total. The molecule has 0 saturated heterocycles. The monoisotopic (exact) mass is 300 g/mol. The van der Waals surface area contributed by atoms with E-state index in [-0.39, 0.29) is 17.8 Å². The molecule has 0 aliphatic carbocycles. The molecule has 0 aromatic heterocycles. The number of halogens is 1. The molecule has 0 aliphatic heterocycles. The van der Waals surface area contributed by atoms with E-state index in [0.29, 0.717) is 31.4 Å². The molecule has 3 nitrogen and oxygen atoms in total. The second-order valence-corrected chi connectivity index (χ2v) is 5.22. The van der Waals surface area contributed by atoms with Crippen molar-refractivity contribution in [1.82, 2.24) is 5.32 Å². The lowest BCUT2D eigenvalue weighted by atomic mass is 9.98. The van der Waals surface area contributed by atoms with Crippen molar-refractivity contribution in [2.75, 3.05) is 6.54 Å². The average Bonchev–Trinajstić information content (AvgIpc) is 2.54. The van der Waals surface area contributed by atoms with Crippen LogP contribution in [0.3, 0.4) is 0 Å². The first kappa shape index (κ1) is 16.2. The maximum atomic E-state index is 14.1. The molecule has 2 aromatic rings. The summed E-state index contributed by atoms with van der Waals surface area (Å²) in [6.07, 6.45) is 1.54. The highest BCUT2D eigenvalue weighted by atomic mass is 19.1. The number of nitrogens with two attached hydrogens (primary N) is 1. The van der Waals surface area contributed by atoms with Crippen LogP contribution in [-0.2, 0) is 11.2 Å². The number of carbonyl (C=O) groups excluding carboxylic acids is 1. The van der Waals surface area contributed by atoms with Gasteiger partial charge in [-0.15, -0.1) is 0 Å². The number of benzene rings is 2. The highest BCUT2D eigenvalue weighted by Gasteiger charge is 2.18. The lowest BCUT2D eigenvalue weighted by Crippen LogP contribution is -2.30. The van der Waals surface area contributed by atoms with E-state index in [4.69, 9.17) is 5.73 Å². The van der Waals surface area contributed by atoms with Crippen LogP contribution in [0.15, 0.2) is 54.6 Å². The van der Waals surface area contributed by atoms with Gasteiger partial charge < -0.3 is 11.1 Å². The van der Waals surface area contributed by atoms with Crippen LogP contribution in [0.2, 0.25) is 0 Å². The van der Waals surface area contributed by atoms with Gasteiger partial charge in [0.25, 0.3) is 0 Å². The van der Waals surface area contributed by atoms with E-state index in [1.54, 1.807) is 18.2 Å². The van der Waals surface area contributed by atoms with Crippen LogP contribution in [-0.4, -0.2) is 12.5 Å². The Bertz CT molecular complexity index is 601. The molecule has 0 heterocycles.